The topological polar surface area (TPSA) is 169 Å². The molecule has 3 aromatic carbocycles. The molecule has 2 spiro atoms. The third kappa shape index (κ3) is 3.40. The van der Waals surface area contributed by atoms with E-state index in [9.17, 15) is 20.1 Å². The molecule has 5 unspecified atom stereocenters. The molecule has 8 aliphatic heterocycles. The van der Waals surface area contributed by atoms with E-state index in [1.807, 2.05) is 13.8 Å². The van der Waals surface area contributed by atoms with Crippen LogP contribution in [0, 0.1) is 19.8 Å². The van der Waals surface area contributed by atoms with E-state index in [1.54, 1.807) is 19.2 Å². The predicted octanol–water partition coefficient (Wildman–Crippen LogP) is 3.40. The number of phenols is 2. The Morgan fingerprint density at radius 3 is 2.59 bits per heavy atom. The van der Waals surface area contributed by atoms with Gasteiger partial charge in [0.2, 0.25) is 6.79 Å². The highest BCUT2D eigenvalue weighted by molar-refractivity contribution is 7.99. The van der Waals surface area contributed by atoms with E-state index in [-0.39, 0.29) is 41.8 Å². The quantitative estimate of drug-likeness (QED) is 0.225. The zero-order valence-electron chi connectivity index (χ0n) is 31.6. The van der Waals surface area contributed by atoms with Gasteiger partial charge in [0, 0.05) is 59.9 Å². The minimum absolute atomic E-state index is 0.0116. The summed E-state index contributed by atoms with van der Waals surface area (Å²) >= 11 is 1.51. The van der Waals surface area contributed by atoms with Gasteiger partial charge in [0.1, 0.15) is 17.6 Å². The van der Waals surface area contributed by atoms with Gasteiger partial charge in [-0.3, -0.25) is 19.9 Å². The Hall–Kier alpha value is -4.41. The van der Waals surface area contributed by atoms with Crippen LogP contribution in [0.5, 0.6) is 40.2 Å². The van der Waals surface area contributed by atoms with Gasteiger partial charge in [-0.1, -0.05) is 0 Å². The lowest BCUT2D eigenvalue weighted by Gasteiger charge is -2.58. The van der Waals surface area contributed by atoms with E-state index in [4.69, 9.17) is 28.4 Å². The van der Waals surface area contributed by atoms with Gasteiger partial charge in [-0.15, -0.1) is 11.8 Å². The maximum atomic E-state index is 15.0. The fraction of sp³-hybridized carbons (Fsp3) is 0.512. The second-order valence-electron chi connectivity index (χ2n) is 17.0. The monoisotopic (exact) mass is 783 g/mol. The maximum absolute atomic E-state index is 15.0. The Morgan fingerprint density at radius 2 is 1.84 bits per heavy atom. The molecule has 10 aliphatic rings. The van der Waals surface area contributed by atoms with Crippen LogP contribution in [0.4, 0.5) is 0 Å². The Labute approximate surface area is 325 Å². The summed E-state index contributed by atoms with van der Waals surface area (Å²) in [7, 11) is 3.04. The van der Waals surface area contributed by atoms with E-state index < -0.39 is 57.7 Å². The second-order valence-corrected chi connectivity index (χ2v) is 18.2. The first-order valence-electron chi connectivity index (χ1n) is 19.1. The van der Waals surface area contributed by atoms with E-state index in [2.05, 4.69) is 28.1 Å². The number of methoxy groups -OCH3 is 2. The third-order valence-electron chi connectivity index (χ3n) is 14.7. The summed E-state index contributed by atoms with van der Waals surface area (Å²) < 4.78 is 36.7. The summed E-state index contributed by atoms with van der Waals surface area (Å²) in [6.07, 6.45) is 0.165. The molecular formula is C41H41N3O11S. The smallest absolute Gasteiger partial charge is 0.332 e. The Kier molecular flexibility index (Phi) is 6.12. The molecule has 15 heteroatoms. The number of ether oxygens (including phenoxy) is 6. The number of hydrogen-bond donors (Lipinski definition) is 4. The molecule has 2 saturated carbocycles. The van der Waals surface area contributed by atoms with Gasteiger partial charge in [0.15, 0.2) is 40.0 Å². The van der Waals surface area contributed by atoms with Crippen LogP contribution in [-0.2, 0) is 37.4 Å². The number of aliphatic hydroxyl groups is 1. The summed E-state index contributed by atoms with van der Waals surface area (Å²) in [5.41, 5.74) is 1.69. The largest absolute Gasteiger partial charge is 0.504 e. The number of rotatable bonds is 3. The summed E-state index contributed by atoms with van der Waals surface area (Å²) in [6.45, 7) is 7.72. The van der Waals surface area contributed by atoms with Crippen LogP contribution in [0.15, 0.2) is 18.2 Å². The number of fused-ring (bicyclic) bond motifs is 9. The second kappa shape index (κ2) is 10.2. The van der Waals surface area contributed by atoms with Crippen molar-refractivity contribution in [1.29, 1.82) is 0 Å². The number of carbonyl (C=O) groups excluding carboxylic acids is 2. The van der Waals surface area contributed by atoms with Gasteiger partial charge in [-0.25, -0.2) is 4.79 Å². The molecule has 56 heavy (non-hydrogen) atoms. The molecule has 2 aliphatic carbocycles. The molecule has 5 fully saturated rings. The number of nitrogens with one attached hydrogen (secondary N) is 1. The van der Waals surface area contributed by atoms with Crippen molar-refractivity contribution < 1.29 is 53.3 Å². The molecule has 13 rings (SSSR count). The fourth-order valence-electron chi connectivity index (χ4n) is 12.7. The van der Waals surface area contributed by atoms with Crippen LogP contribution >= 0.6 is 11.8 Å². The summed E-state index contributed by atoms with van der Waals surface area (Å²) in [5, 5.41) is 39.3. The van der Waals surface area contributed by atoms with E-state index in [1.165, 1.54) is 25.8 Å². The molecule has 4 N–H and O–H groups in total. The normalized spacial score (nSPS) is 38.2. The highest BCUT2D eigenvalue weighted by Gasteiger charge is 2.96. The van der Waals surface area contributed by atoms with Gasteiger partial charge in [-0.05, 0) is 67.6 Å². The average molecular weight is 784 g/mol. The zero-order valence-corrected chi connectivity index (χ0v) is 32.5. The van der Waals surface area contributed by atoms with Crippen molar-refractivity contribution in [1.82, 2.24) is 15.1 Å². The average Bonchev–Trinajstić information content (AvgIpc) is 3.87. The molecule has 14 nitrogen and oxygen atoms in total. The lowest BCUT2D eigenvalue weighted by Crippen LogP contribution is -2.67. The number of carbonyl (C=O) groups is 2. The standard InChI is InChI=1S/C41H41N3O11S/c1-15-9-20-24(29(47)30(15)51-6)27-28-34-25-26(33-32(52-14-53-33)16(2)31(25)54-17(3)45)40(44(28)41(49)35-36(41)43(27)38(20,35)4)12-23(40)55-37(48)39(13-56-34)19-11-22(50-5)21(46)10-18(19)7-8-42-39/h9-11,23,27-28,34-36,42,46-47,49H,7-8,12-14H2,1-6H3/t23?,27-,28?,34-,35?,36+,38?,39-,40?,41+/m1/s1. The fourth-order valence-corrected chi connectivity index (χ4v) is 14.3. The van der Waals surface area contributed by atoms with Gasteiger partial charge in [0.25, 0.3) is 0 Å². The maximum Gasteiger partial charge on any atom is 0.332 e. The lowest BCUT2D eigenvalue weighted by atomic mass is 9.76. The molecule has 3 aromatic rings. The van der Waals surface area contributed by atoms with Gasteiger partial charge < -0.3 is 43.7 Å². The van der Waals surface area contributed by atoms with Crippen molar-refractivity contribution in [3.8, 4) is 40.2 Å². The SMILES string of the molecule is COc1cc2c(cc1O)CCN[C@]21CS[C@@H]2c3c(OC(C)=O)c(C)c4c(c3C3(CC3OC1=O)N1C2[C@H]2c3c(cc(C)c(OC)c3O)C3(C)C5[C@H](N23)[C@@]51O)OCO4. The van der Waals surface area contributed by atoms with Crippen molar-refractivity contribution in [2.45, 2.75) is 92.4 Å². The van der Waals surface area contributed by atoms with Crippen molar-refractivity contribution in [2.24, 2.45) is 5.92 Å². The van der Waals surface area contributed by atoms with E-state index in [0.29, 0.717) is 59.1 Å². The number of nitrogens with zero attached hydrogens (tertiary/aromatic N) is 2. The molecular weight excluding hydrogens is 743 g/mol. The summed E-state index contributed by atoms with van der Waals surface area (Å²) in [5.74, 6) is 1.04. The highest BCUT2D eigenvalue weighted by Crippen LogP contribution is 2.86. The minimum Gasteiger partial charge on any atom is -0.504 e. The molecule has 0 radical (unpaired) electrons. The minimum atomic E-state index is -1.35. The van der Waals surface area contributed by atoms with Crippen LogP contribution < -0.4 is 29.0 Å². The Balaban J connectivity index is 1.16. The van der Waals surface area contributed by atoms with Gasteiger partial charge >= 0.3 is 11.9 Å². The summed E-state index contributed by atoms with van der Waals surface area (Å²) in [6, 6.07) is 4.29. The molecule has 3 saturated heterocycles. The predicted molar refractivity (Wildman–Crippen MR) is 197 cm³/mol. The molecule has 10 atom stereocenters. The molecule has 292 valence electrons. The van der Waals surface area contributed by atoms with Gasteiger partial charge in [0.05, 0.1) is 42.6 Å². The molecule has 8 heterocycles. The molecule has 0 aromatic heterocycles. The van der Waals surface area contributed by atoms with Crippen LogP contribution in [0.2, 0.25) is 0 Å². The van der Waals surface area contributed by atoms with E-state index >= 15 is 4.79 Å². The lowest BCUT2D eigenvalue weighted by molar-refractivity contribution is -0.173. The number of benzene rings is 3. The van der Waals surface area contributed by atoms with Crippen molar-refractivity contribution in [3.05, 3.63) is 62.7 Å². The third-order valence-corrected chi connectivity index (χ3v) is 16.2. The number of aromatic hydroxyl groups is 2. The Bertz CT molecular complexity index is 2430. The van der Waals surface area contributed by atoms with Crippen LogP contribution in [0.25, 0.3) is 0 Å². The van der Waals surface area contributed by atoms with Gasteiger partial charge in [-0.2, -0.15) is 0 Å². The van der Waals surface area contributed by atoms with Crippen molar-refractivity contribution in [2.75, 3.05) is 33.3 Å². The summed E-state index contributed by atoms with van der Waals surface area (Å²) in [4.78, 5) is 32.7. The van der Waals surface area contributed by atoms with Crippen molar-refractivity contribution in [3.63, 3.8) is 0 Å². The number of piperazine rings is 1. The Morgan fingerprint density at radius 1 is 1.05 bits per heavy atom. The first-order valence-corrected chi connectivity index (χ1v) is 20.2. The first kappa shape index (κ1) is 33.7. The number of phenolic OH excluding ortho intramolecular Hbond substituents is 2. The first-order chi connectivity index (χ1) is 26.8. The highest BCUT2D eigenvalue weighted by atomic mass is 32.2. The molecule has 0 amide bonds. The number of aryl methyl sites for hydroxylation is 1. The number of thioether (sulfide) groups is 1. The number of esters is 2. The van der Waals surface area contributed by atoms with E-state index in [0.717, 1.165) is 27.8 Å². The van der Waals surface area contributed by atoms with Crippen LogP contribution in [0.1, 0.15) is 76.1 Å². The van der Waals surface area contributed by atoms with Crippen LogP contribution in [-0.4, -0.2) is 94.3 Å². The number of hydrogen-bond acceptors (Lipinski definition) is 15. The van der Waals surface area contributed by atoms with Crippen LogP contribution in [0.3, 0.4) is 0 Å². The molecule has 2 bridgehead atoms. The zero-order chi connectivity index (χ0) is 38.7. The van der Waals surface area contributed by atoms with Crippen molar-refractivity contribution >= 4 is 23.7 Å².